The first-order chi connectivity index (χ1) is 10.3. The Labute approximate surface area is 123 Å². The molecule has 5 heteroatoms. The number of amides is 1. The quantitative estimate of drug-likeness (QED) is 0.899. The molecule has 0 saturated heterocycles. The summed E-state index contributed by atoms with van der Waals surface area (Å²) in [6.45, 7) is 0.514. The topological polar surface area (TPSA) is 67.2 Å². The zero-order valence-corrected chi connectivity index (χ0v) is 11.8. The number of para-hydroxylation sites is 1. The Balaban J connectivity index is 1.70. The standard InChI is InChI=1S/C16H19N3O2/c20-15-8-4-5-12(15)9-18-16(21)14-10-17-11-19(14)13-6-2-1-3-7-13/h1-3,6-7,10-12,15,20H,4-5,8-9H2,(H,18,21). The summed E-state index contributed by atoms with van der Waals surface area (Å²) >= 11 is 0. The molecule has 1 aromatic heterocycles. The van der Waals surface area contributed by atoms with Gasteiger partial charge in [0, 0.05) is 18.2 Å². The number of carbonyl (C=O) groups is 1. The second kappa shape index (κ2) is 6.10. The van der Waals surface area contributed by atoms with Crippen molar-refractivity contribution < 1.29 is 9.90 Å². The first kappa shape index (κ1) is 13.8. The van der Waals surface area contributed by atoms with Crippen molar-refractivity contribution in [2.45, 2.75) is 25.4 Å². The van der Waals surface area contributed by atoms with Crippen molar-refractivity contribution in [3.8, 4) is 5.69 Å². The average molecular weight is 285 g/mol. The van der Waals surface area contributed by atoms with Crippen molar-refractivity contribution in [2.75, 3.05) is 6.54 Å². The number of aromatic nitrogens is 2. The number of nitrogens with one attached hydrogen (secondary N) is 1. The van der Waals surface area contributed by atoms with Gasteiger partial charge in [0.15, 0.2) is 0 Å². The zero-order valence-electron chi connectivity index (χ0n) is 11.8. The van der Waals surface area contributed by atoms with Crippen LogP contribution in [0.2, 0.25) is 0 Å². The number of hydrogen-bond donors (Lipinski definition) is 2. The Morgan fingerprint density at radius 2 is 2.14 bits per heavy atom. The van der Waals surface area contributed by atoms with Crippen LogP contribution in [0.5, 0.6) is 0 Å². The van der Waals surface area contributed by atoms with Gasteiger partial charge in [-0.3, -0.25) is 9.36 Å². The Hall–Kier alpha value is -2.14. The minimum absolute atomic E-state index is 0.157. The fourth-order valence-electron chi connectivity index (χ4n) is 2.83. The van der Waals surface area contributed by atoms with Crippen LogP contribution < -0.4 is 5.32 Å². The highest BCUT2D eigenvalue weighted by atomic mass is 16.3. The van der Waals surface area contributed by atoms with Gasteiger partial charge in [0.2, 0.25) is 0 Å². The molecule has 0 radical (unpaired) electrons. The molecule has 1 fully saturated rings. The van der Waals surface area contributed by atoms with Gasteiger partial charge in [0.25, 0.3) is 5.91 Å². The molecule has 1 aromatic carbocycles. The summed E-state index contributed by atoms with van der Waals surface area (Å²) in [5, 5.41) is 12.7. The molecule has 1 heterocycles. The van der Waals surface area contributed by atoms with E-state index in [1.807, 2.05) is 30.3 Å². The first-order valence-corrected chi connectivity index (χ1v) is 7.30. The van der Waals surface area contributed by atoms with Crippen LogP contribution in [0.3, 0.4) is 0 Å². The van der Waals surface area contributed by atoms with Crippen molar-refractivity contribution in [3.05, 3.63) is 48.5 Å². The molecule has 0 spiro atoms. The maximum Gasteiger partial charge on any atom is 0.269 e. The maximum absolute atomic E-state index is 12.3. The van der Waals surface area contributed by atoms with Gasteiger partial charge >= 0.3 is 0 Å². The Bertz CT molecular complexity index is 609. The van der Waals surface area contributed by atoms with Crippen LogP contribution in [0.1, 0.15) is 29.8 Å². The lowest BCUT2D eigenvalue weighted by atomic mass is 10.1. The normalized spacial score (nSPS) is 21.4. The molecule has 21 heavy (non-hydrogen) atoms. The molecule has 2 atom stereocenters. The van der Waals surface area contributed by atoms with E-state index in [0.717, 1.165) is 24.9 Å². The number of nitrogens with zero attached hydrogens (tertiary/aromatic N) is 2. The fourth-order valence-corrected chi connectivity index (χ4v) is 2.83. The highest BCUT2D eigenvalue weighted by Crippen LogP contribution is 2.24. The van der Waals surface area contributed by atoms with Crippen LogP contribution in [-0.2, 0) is 0 Å². The number of aliphatic hydroxyl groups excluding tert-OH is 1. The van der Waals surface area contributed by atoms with Crippen LogP contribution in [-0.4, -0.2) is 33.2 Å². The Morgan fingerprint density at radius 1 is 1.33 bits per heavy atom. The molecule has 2 aromatic rings. The van der Waals surface area contributed by atoms with Crippen LogP contribution in [0, 0.1) is 5.92 Å². The van der Waals surface area contributed by atoms with Crippen molar-refractivity contribution in [1.29, 1.82) is 0 Å². The van der Waals surface area contributed by atoms with Crippen LogP contribution in [0.15, 0.2) is 42.9 Å². The smallest absolute Gasteiger partial charge is 0.269 e. The lowest BCUT2D eigenvalue weighted by molar-refractivity contribution is 0.0910. The van der Waals surface area contributed by atoms with Gasteiger partial charge in [0.1, 0.15) is 5.69 Å². The molecule has 0 aliphatic heterocycles. The molecule has 110 valence electrons. The summed E-state index contributed by atoms with van der Waals surface area (Å²) in [6, 6.07) is 9.64. The minimum Gasteiger partial charge on any atom is -0.393 e. The van der Waals surface area contributed by atoms with Gasteiger partial charge in [-0.2, -0.15) is 0 Å². The predicted octanol–water partition coefficient (Wildman–Crippen LogP) is 1.76. The average Bonchev–Trinajstić information content (AvgIpc) is 3.15. The van der Waals surface area contributed by atoms with Gasteiger partial charge < -0.3 is 10.4 Å². The molecule has 1 saturated carbocycles. The molecule has 1 aliphatic rings. The zero-order chi connectivity index (χ0) is 14.7. The molecular formula is C16H19N3O2. The summed E-state index contributed by atoms with van der Waals surface area (Å²) in [5.74, 6) is 0.0116. The summed E-state index contributed by atoms with van der Waals surface area (Å²) in [6.07, 6.45) is 5.75. The first-order valence-electron chi connectivity index (χ1n) is 7.30. The van der Waals surface area contributed by atoms with Crippen molar-refractivity contribution in [2.24, 2.45) is 5.92 Å². The third-order valence-electron chi connectivity index (χ3n) is 4.05. The molecule has 1 amide bonds. The SMILES string of the molecule is O=C(NCC1CCCC1O)c1cncn1-c1ccccc1. The number of rotatable bonds is 4. The second-order valence-corrected chi connectivity index (χ2v) is 5.45. The number of benzene rings is 1. The number of aliphatic hydroxyl groups is 1. The monoisotopic (exact) mass is 285 g/mol. The number of carbonyl (C=O) groups excluding carboxylic acids is 1. The van der Waals surface area contributed by atoms with Crippen LogP contribution >= 0.6 is 0 Å². The largest absolute Gasteiger partial charge is 0.393 e. The van der Waals surface area contributed by atoms with Crippen LogP contribution in [0.4, 0.5) is 0 Å². The highest BCUT2D eigenvalue weighted by Gasteiger charge is 2.25. The summed E-state index contributed by atoms with van der Waals surface area (Å²) in [5.41, 5.74) is 1.41. The third-order valence-corrected chi connectivity index (χ3v) is 4.05. The predicted molar refractivity (Wildman–Crippen MR) is 79.2 cm³/mol. The molecule has 5 nitrogen and oxygen atoms in total. The fraction of sp³-hybridized carbons (Fsp3) is 0.375. The number of hydrogen-bond acceptors (Lipinski definition) is 3. The van der Waals surface area contributed by atoms with E-state index in [4.69, 9.17) is 0 Å². The summed E-state index contributed by atoms with van der Waals surface area (Å²) < 4.78 is 1.76. The van der Waals surface area contributed by atoms with E-state index < -0.39 is 0 Å². The minimum atomic E-state index is -0.288. The number of imidazole rings is 1. The van der Waals surface area contributed by atoms with E-state index >= 15 is 0 Å². The molecule has 2 N–H and O–H groups in total. The van der Waals surface area contributed by atoms with E-state index in [-0.39, 0.29) is 17.9 Å². The van der Waals surface area contributed by atoms with Crippen molar-refractivity contribution >= 4 is 5.91 Å². The highest BCUT2D eigenvalue weighted by molar-refractivity contribution is 5.93. The molecule has 2 unspecified atom stereocenters. The lowest BCUT2D eigenvalue weighted by Crippen LogP contribution is -2.33. The van der Waals surface area contributed by atoms with E-state index in [9.17, 15) is 9.90 Å². The van der Waals surface area contributed by atoms with E-state index in [1.165, 1.54) is 0 Å². The molecular weight excluding hydrogens is 266 g/mol. The van der Waals surface area contributed by atoms with Crippen molar-refractivity contribution in [3.63, 3.8) is 0 Å². The second-order valence-electron chi connectivity index (χ2n) is 5.45. The third kappa shape index (κ3) is 2.97. The molecule has 3 rings (SSSR count). The van der Waals surface area contributed by atoms with Crippen molar-refractivity contribution in [1.82, 2.24) is 14.9 Å². The van der Waals surface area contributed by atoms with E-state index in [1.54, 1.807) is 17.1 Å². The molecule has 1 aliphatic carbocycles. The van der Waals surface area contributed by atoms with Gasteiger partial charge in [0.05, 0.1) is 18.6 Å². The Kier molecular flexibility index (Phi) is 4.01. The van der Waals surface area contributed by atoms with Gasteiger partial charge in [-0.1, -0.05) is 24.6 Å². The van der Waals surface area contributed by atoms with Crippen LogP contribution in [0.25, 0.3) is 5.69 Å². The summed E-state index contributed by atoms with van der Waals surface area (Å²) in [7, 11) is 0. The van der Waals surface area contributed by atoms with E-state index in [2.05, 4.69) is 10.3 Å². The van der Waals surface area contributed by atoms with Gasteiger partial charge in [-0.15, -0.1) is 0 Å². The van der Waals surface area contributed by atoms with Gasteiger partial charge in [-0.05, 0) is 25.0 Å². The Morgan fingerprint density at radius 3 is 2.86 bits per heavy atom. The van der Waals surface area contributed by atoms with Gasteiger partial charge in [-0.25, -0.2) is 4.98 Å². The lowest BCUT2D eigenvalue weighted by Gasteiger charge is -2.15. The summed E-state index contributed by atoms with van der Waals surface area (Å²) in [4.78, 5) is 16.4. The molecule has 0 bridgehead atoms. The van der Waals surface area contributed by atoms with E-state index in [0.29, 0.717) is 12.2 Å². The maximum atomic E-state index is 12.3.